The maximum atomic E-state index is 15.2. The number of carbonyl (C=O) groups excluding carboxylic acids is 1. The predicted octanol–water partition coefficient (Wildman–Crippen LogP) is 7.08. The molecular formula is C37H33ClFN7O4. The molecule has 4 heterocycles. The van der Waals surface area contributed by atoms with Gasteiger partial charge in [-0.25, -0.2) is 14.4 Å². The lowest BCUT2D eigenvalue weighted by atomic mass is 9.90. The molecule has 3 aromatic heterocycles. The highest BCUT2D eigenvalue weighted by Crippen LogP contribution is 2.38. The third-order valence-corrected chi connectivity index (χ3v) is 9.35. The molecule has 0 radical (unpaired) electrons. The highest BCUT2D eigenvalue weighted by Gasteiger charge is 2.31. The Morgan fingerprint density at radius 1 is 1.00 bits per heavy atom. The van der Waals surface area contributed by atoms with Gasteiger partial charge in [0, 0.05) is 22.7 Å². The predicted molar refractivity (Wildman–Crippen MR) is 184 cm³/mol. The summed E-state index contributed by atoms with van der Waals surface area (Å²) < 4.78 is 35.4. The van der Waals surface area contributed by atoms with Gasteiger partial charge in [0.2, 0.25) is 0 Å². The van der Waals surface area contributed by atoms with E-state index in [1.54, 1.807) is 42.6 Å². The highest BCUT2D eigenvalue weighted by molar-refractivity contribution is 6.31. The fourth-order valence-corrected chi connectivity index (χ4v) is 6.94. The summed E-state index contributed by atoms with van der Waals surface area (Å²) in [5.41, 5.74) is 3.66. The van der Waals surface area contributed by atoms with Crippen molar-refractivity contribution in [2.45, 2.75) is 50.2 Å². The smallest absolute Gasteiger partial charge is 0.255 e. The second-order valence-corrected chi connectivity index (χ2v) is 12.9. The number of amides is 1. The van der Waals surface area contributed by atoms with Crippen LogP contribution in [0, 0.1) is 5.82 Å². The van der Waals surface area contributed by atoms with Gasteiger partial charge in [0.05, 0.1) is 36.1 Å². The second-order valence-electron chi connectivity index (χ2n) is 12.5. The number of rotatable bonds is 8. The number of pyridine rings is 1. The fourth-order valence-electron chi connectivity index (χ4n) is 6.77. The van der Waals surface area contributed by atoms with Gasteiger partial charge >= 0.3 is 0 Å². The summed E-state index contributed by atoms with van der Waals surface area (Å²) in [6.45, 7) is 0.592. The van der Waals surface area contributed by atoms with Gasteiger partial charge in [-0.3, -0.25) is 14.9 Å². The van der Waals surface area contributed by atoms with Crippen LogP contribution in [-0.2, 0) is 9.47 Å². The standard InChI is InChI=1S/C37H33ClFN7O4/c38-23-13-14-33(50-26-19-48-37(49-20-26)22-7-2-1-3-8-22)28(15-23)36(47)43-24-9-6-10-25(16-24)46-32-17-30(34-41-21-42-45-34)40-18-31(32)44-35(46)27-11-4-5-12-29(27)39/h1-5,7-8,11-15,17-18,21,24-26,37H,6,9-10,16,19-20H2,(H,43,47)(H,41,42,45). The molecule has 13 heteroatoms. The molecule has 1 amide bonds. The second kappa shape index (κ2) is 14.0. The average molecular weight is 694 g/mol. The molecule has 3 aromatic carbocycles. The Kier molecular flexibility index (Phi) is 8.97. The molecule has 0 bridgehead atoms. The highest BCUT2D eigenvalue weighted by atomic mass is 35.5. The number of nitrogens with zero attached hydrogens (tertiary/aromatic N) is 5. The first-order valence-electron chi connectivity index (χ1n) is 16.5. The average Bonchev–Trinajstić information content (AvgIpc) is 3.82. The quantitative estimate of drug-likeness (QED) is 0.173. The molecule has 2 fully saturated rings. The van der Waals surface area contributed by atoms with E-state index in [1.165, 1.54) is 12.4 Å². The van der Waals surface area contributed by atoms with Crippen LogP contribution in [0.4, 0.5) is 4.39 Å². The molecule has 11 nitrogen and oxygen atoms in total. The Bertz CT molecular complexity index is 2120. The Hall–Kier alpha value is -5.17. The van der Waals surface area contributed by atoms with Crippen LogP contribution in [0.1, 0.15) is 53.9 Å². The Morgan fingerprint density at radius 2 is 1.82 bits per heavy atom. The van der Waals surface area contributed by atoms with Crippen molar-refractivity contribution < 1.29 is 23.4 Å². The Balaban J connectivity index is 1.03. The molecule has 2 atom stereocenters. The number of nitrogens with one attached hydrogen (secondary N) is 2. The van der Waals surface area contributed by atoms with Crippen molar-refractivity contribution in [1.29, 1.82) is 0 Å². The lowest BCUT2D eigenvalue weighted by molar-refractivity contribution is -0.215. The summed E-state index contributed by atoms with van der Waals surface area (Å²) >= 11 is 6.38. The van der Waals surface area contributed by atoms with Gasteiger partial charge in [0.15, 0.2) is 12.1 Å². The number of halogens is 2. The SMILES string of the molecule is O=C(NC1CCCC(n2c(-c3ccccc3F)nc3cnc(-c4ncn[nH]4)cc32)C1)c1cc(Cl)ccc1OC1COC(c2ccccc2)OC1. The van der Waals surface area contributed by atoms with Crippen molar-refractivity contribution in [3.63, 3.8) is 0 Å². The van der Waals surface area contributed by atoms with Crippen molar-refractivity contribution in [2.24, 2.45) is 0 Å². The number of aromatic amines is 1. The number of carbonyl (C=O) groups is 1. The topological polar surface area (TPSA) is 129 Å². The zero-order chi connectivity index (χ0) is 34.0. The van der Waals surface area contributed by atoms with E-state index in [-0.39, 0.29) is 23.8 Å². The van der Waals surface area contributed by atoms with Crippen LogP contribution in [0.25, 0.3) is 33.9 Å². The van der Waals surface area contributed by atoms with E-state index >= 15 is 4.39 Å². The van der Waals surface area contributed by atoms with Crippen LogP contribution in [0.15, 0.2) is 91.4 Å². The lowest BCUT2D eigenvalue weighted by Gasteiger charge is -2.32. The first kappa shape index (κ1) is 32.1. The molecule has 1 aliphatic carbocycles. The number of H-pyrrole nitrogens is 1. The first-order valence-corrected chi connectivity index (χ1v) is 16.9. The van der Waals surface area contributed by atoms with Crippen molar-refractivity contribution >= 4 is 28.5 Å². The van der Waals surface area contributed by atoms with Crippen LogP contribution < -0.4 is 10.1 Å². The van der Waals surface area contributed by atoms with E-state index in [0.717, 1.165) is 30.3 Å². The van der Waals surface area contributed by atoms with Crippen LogP contribution in [-0.4, -0.2) is 61.0 Å². The summed E-state index contributed by atoms with van der Waals surface area (Å²) in [6, 6.07) is 22.9. The summed E-state index contributed by atoms with van der Waals surface area (Å²) in [4.78, 5) is 27.5. The number of fused-ring (bicyclic) bond motifs is 1. The Labute approximate surface area is 291 Å². The Morgan fingerprint density at radius 3 is 2.62 bits per heavy atom. The molecule has 1 saturated carbocycles. The minimum atomic E-state index is -0.472. The van der Waals surface area contributed by atoms with Gasteiger partial charge < -0.3 is 24.1 Å². The summed E-state index contributed by atoms with van der Waals surface area (Å²) in [7, 11) is 0. The number of benzene rings is 3. The maximum Gasteiger partial charge on any atom is 0.255 e. The molecule has 0 spiro atoms. The molecule has 1 aliphatic heterocycles. The molecule has 50 heavy (non-hydrogen) atoms. The van der Waals surface area contributed by atoms with Gasteiger partial charge in [0.1, 0.15) is 41.0 Å². The summed E-state index contributed by atoms with van der Waals surface area (Å²) in [5, 5.41) is 10.5. The minimum absolute atomic E-state index is 0.0946. The third-order valence-electron chi connectivity index (χ3n) is 9.11. The van der Waals surface area contributed by atoms with E-state index in [4.69, 9.17) is 30.8 Å². The molecular weight excluding hydrogens is 661 g/mol. The van der Waals surface area contributed by atoms with E-state index in [9.17, 15) is 4.79 Å². The fraction of sp³-hybridized carbons (Fsp3) is 0.270. The first-order chi connectivity index (χ1) is 24.5. The molecule has 2 aliphatic rings. The van der Waals surface area contributed by atoms with Crippen molar-refractivity contribution in [3.8, 4) is 28.7 Å². The van der Waals surface area contributed by atoms with Crippen LogP contribution in [0.2, 0.25) is 5.02 Å². The molecule has 254 valence electrons. The molecule has 1 saturated heterocycles. The number of hydrogen-bond donors (Lipinski definition) is 2. The van der Waals surface area contributed by atoms with Crippen molar-refractivity contribution in [3.05, 3.63) is 113 Å². The zero-order valence-electron chi connectivity index (χ0n) is 26.8. The van der Waals surface area contributed by atoms with E-state index in [1.807, 2.05) is 36.4 Å². The van der Waals surface area contributed by atoms with Crippen LogP contribution in [0.3, 0.4) is 0 Å². The van der Waals surface area contributed by atoms with E-state index in [2.05, 4.69) is 30.0 Å². The van der Waals surface area contributed by atoms with Crippen molar-refractivity contribution in [1.82, 2.24) is 35.0 Å². The summed E-state index contributed by atoms with van der Waals surface area (Å²) in [5.74, 6) is 0.747. The molecule has 6 aromatic rings. The van der Waals surface area contributed by atoms with Crippen molar-refractivity contribution in [2.75, 3.05) is 13.2 Å². The molecule has 8 rings (SSSR count). The maximum absolute atomic E-state index is 15.2. The van der Waals surface area contributed by atoms with Gasteiger partial charge in [-0.2, -0.15) is 5.10 Å². The number of hydrogen-bond acceptors (Lipinski definition) is 8. The minimum Gasteiger partial charge on any atom is -0.485 e. The van der Waals surface area contributed by atoms with Gasteiger partial charge in [0.25, 0.3) is 5.91 Å². The summed E-state index contributed by atoms with van der Waals surface area (Å²) in [6.07, 6.45) is 5.23. The molecule has 2 N–H and O–H groups in total. The van der Waals surface area contributed by atoms with E-state index in [0.29, 0.717) is 64.4 Å². The van der Waals surface area contributed by atoms with Crippen LogP contribution in [0.5, 0.6) is 5.75 Å². The van der Waals surface area contributed by atoms with Gasteiger partial charge in [-0.1, -0.05) is 54.1 Å². The normalized spacial score (nSPS) is 20.8. The van der Waals surface area contributed by atoms with Gasteiger partial charge in [-0.15, -0.1) is 0 Å². The number of ether oxygens (including phenoxy) is 3. The zero-order valence-corrected chi connectivity index (χ0v) is 27.6. The lowest BCUT2D eigenvalue weighted by Crippen LogP contribution is -2.40. The third kappa shape index (κ3) is 6.57. The van der Waals surface area contributed by atoms with Crippen LogP contribution >= 0.6 is 11.6 Å². The van der Waals surface area contributed by atoms with E-state index < -0.39 is 12.4 Å². The molecule has 2 unspecified atom stereocenters. The number of aromatic nitrogens is 6. The monoisotopic (exact) mass is 693 g/mol. The number of imidazole rings is 1. The largest absolute Gasteiger partial charge is 0.485 e. The van der Waals surface area contributed by atoms with Gasteiger partial charge in [-0.05, 0) is 62.1 Å².